The Kier molecular flexibility index (Phi) is 7.27. The summed E-state index contributed by atoms with van der Waals surface area (Å²) in [4.78, 5) is 36.3. The number of carboxylic acid groups (broad SMARTS) is 1. The Morgan fingerprint density at radius 1 is 1.03 bits per heavy atom. The molecule has 0 spiro atoms. The lowest BCUT2D eigenvalue weighted by Crippen LogP contribution is -2.46. The Morgan fingerprint density at radius 3 is 2.29 bits per heavy atom. The lowest BCUT2D eigenvalue weighted by Gasteiger charge is -2.26. The molecule has 178 valence electrons. The van der Waals surface area contributed by atoms with Crippen LogP contribution in [0.25, 0.3) is 11.1 Å². The molecule has 3 atom stereocenters. The smallest absolute Gasteiger partial charge is 0.407 e. The summed E-state index contributed by atoms with van der Waals surface area (Å²) in [7, 11) is 0. The van der Waals surface area contributed by atoms with Gasteiger partial charge in [-0.1, -0.05) is 60.7 Å². The first-order valence-electron chi connectivity index (χ1n) is 11.4. The third-order valence-electron chi connectivity index (χ3n) is 6.38. The molecule has 0 bridgehead atoms. The standard InChI is InChI=1S/C26H28N2O6/c29-13-12-23(25(31)32)28-24(30)16-6-5-7-17(14-16)27-26(33)34-15-22-20-10-3-1-8-18(20)19-9-2-4-11-21(19)22/h1-5,7-11,16-17,22-23,29H,6,12-15H2,(H,27,33)(H,28,30)(H,31,32)/t16-,17-,23+/m1/s1. The number of fused-ring (bicyclic) bond motifs is 3. The number of aliphatic hydroxyl groups excluding tert-OH is 1. The quantitative estimate of drug-likeness (QED) is 0.445. The van der Waals surface area contributed by atoms with Crippen LogP contribution >= 0.6 is 0 Å². The zero-order valence-electron chi connectivity index (χ0n) is 18.6. The third-order valence-corrected chi connectivity index (χ3v) is 6.38. The van der Waals surface area contributed by atoms with Crippen molar-refractivity contribution in [2.24, 2.45) is 5.92 Å². The van der Waals surface area contributed by atoms with E-state index in [0.717, 1.165) is 22.3 Å². The molecule has 0 unspecified atom stereocenters. The number of aliphatic carboxylic acids is 1. The molecule has 0 saturated heterocycles. The summed E-state index contributed by atoms with van der Waals surface area (Å²) < 4.78 is 5.58. The summed E-state index contributed by atoms with van der Waals surface area (Å²) in [6, 6.07) is 14.6. The van der Waals surface area contributed by atoms with Crippen molar-refractivity contribution in [3.05, 3.63) is 71.8 Å². The summed E-state index contributed by atoms with van der Waals surface area (Å²) in [6.45, 7) is -0.143. The van der Waals surface area contributed by atoms with Crippen molar-refractivity contribution in [1.82, 2.24) is 10.6 Å². The fourth-order valence-electron chi connectivity index (χ4n) is 4.68. The lowest BCUT2D eigenvalue weighted by atomic mass is 9.90. The SMILES string of the molecule is O=C(N[C@@H]1C=CC[C@@H](C(=O)N[C@@H](CCO)C(=O)O)C1)OCC1c2ccccc2-c2ccccc21. The van der Waals surface area contributed by atoms with Crippen LogP contribution in [0.4, 0.5) is 4.79 Å². The van der Waals surface area contributed by atoms with Crippen molar-refractivity contribution in [2.75, 3.05) is 13.2 Å². The van der Waals surface area contributed by atoms with E-state index in [1.807, 2.05) is 30.3 Å². The topological polar surface area (TPSA) is 125 Å². The molecule has 0 radical (unpaired) electrons. The van der Waals surface area contributed by atoms with Gasteiger partial charge in [-0.05, 0) is 35.1 Å². The van der Waals surface area contributed by atoms with Gasteiger partial charge in [0.15, 0.2) is 0 Å². The number of aliphatic hydroxyl groups is 1. The molecule has 2 aromatic rings. The van der Waals surface area contributed by atoms with Crippen LogP contribution in [-0.2, 0) is 14.3 Å². The largest absolute Gasteiger partial charge is 0.480 e. The van der Waals surface area contributed by atoms with Crippen molar-refractivity contribution in [2.45, 2.75) is 37.3 Å². The van der Waals surface area contributed by atoms with Crippen molar-refractivity contribution in [1.29, 1.82) is 0 Å². The van der Waals surface area contributed by atoms with Gasteiger partial charge in [0.25, 0.3) is 0 Å². The number of allylic oxidation sites excluding steroid dienone is 1. The predicted molar refractivity (Wildman–Crippen MR) is 125 cm³/mol. The molecular weight excluding hydrogens is 436 g/mol. The van der Waals surface area contributed by atoms with Gasteiger partial charge in [-0.15, -0.1) is 0 Å². The van der Waals surface area contributed by atoms with E-state index in [1.54, 1.807) is 6.08 Å². The maximum atomic E-state index is 12.5. The minimum Gasteiger partial charge on any atom is -0.480 e. The highest BCUT2D eigenvalue weighted by atomic mass is 16.5. The number of benzene rings is 2. The molecular formula is C26H28N2O6. The highest BCUT2D eigenvalue weighted by Gasteiger charge is 2.31. The molecule has 0 aliphatic heterocycles. The van der Waals surface area contributed by atoms with E-state index >= 15 is 0 Å². The van der Waals surface area contributed by atoms with E-state index < -0.39 is 36.0 Å². The second kappa shape index (κ2) is 10.5. The Balaban J connectivity index is 1.32. The monoisotopic (exact) mass is 464 g/mol. The normalized spacial score (nSPS) is 19.6. The lowest BCUT2D eigenvalue weighted by molar-refractivity contribution is -0.143. The summed E-state index contributed by atoms with van der Waals surface area (Å²) in [6.07, 6.45) is 3.75. The second-order valence-electron chi connectivity index (χ2n) is 8.58. The van der Waals surface area contributed by atoms with Gasteiger partial charge in [-0.3, -0.25) is 4.79 Å². The van der Waals surface area contributed by atoms with Gasteiger partial charge in [0.05, 0.1) is 6.04 Å². The highest BCUT2D eigenvalue weighted by Crippen LogP contribution is 2.44. The second-order valence-corrected chi connectivity index (χ2v) is 8.58. The van der Waals surface area contributed by atoms with Crippen molar-refractivity contribution in [3.63, 3.8) is 0 Å². The average Bonchev–Trinajstić information content (AvgIpc) is 3.16. The number of carbonyl (C=O) groups is 3. The van der Waals surface area contributed by atoms with Gasteiger partial charge in [-0.25, -0.2) is 9.59 Å². The zero-order chi connectivity index (χ0) is 24.1. The number of carbonyl (C=O) groups excluding carboxylic acids is 2. The molecule has 2 aliphatic rings. The van der Waals surface area contributed by atoms with E-state index in [1.165, 1.54) is 0 Å². The van der Waals surface area contributed by atoms with Gasteiger partial charge in [0, 0.05) is 24.9 Å². The van der Waals surface area contributed by atoms with Crippen LogP contribution in [0.5, 0.6) is 0 Å². The fourth-order valence-corrected chi connectivity index (χ4v) is 4.68. The van der Waals surface area contributed by atoms with Gasteiger partial charge in [-0.2, -0.15) is 0 Å². The molecule has 2 aliphatic carbocycles. The first-order chi connectivity index (χ1) is 16.5. The van der Waals surface area contributed by atoms with E-state index in [4.69, 9.17) is 9.84 Å². The van der Waals surface area contributed by atoms with Gasteiger partial charge in [0.1, 0.15) is 12.6 Å². The maximum Gasteiger partial charge on any atom is 0.407 e. The molecule has 2 aromatic carbocycles. The van der Waals surface area contributed by atoms with Crippen LogP contribution in [0, 0.1) is 5.92 Å². The summed E-state index contributed by atoms with van der Waals surface area (Å²) in [5.41, 5.74) is 4.55. The van der Waals surface area contributed by atoms with Gasteiger partial charge in [0.2, 0.25) is 5.91 Å². The molecule has 4 N–H and O–H groups in total. The minimum atomic E-state index is -1.19. The first-order valence-corrected chi connectivity index (χ1v) is 11.4. The van der Waals surface area contributed by atoms with Crippen LogP contribution in [0.15, 0.2) is 60.7 Å². The van der Waals surface area contributed by atoms with Crippen LogP contribution in [0.3, 0.4) is 0 Å². The van der Waals surface area contributed by atoms with E-state index in [9.17, 15) is 19.5 Å². The van der Waals surface area contributed by atoms with Crippen molar-refractivity contribution in [3.8, 4) is 11.1 Å². The van der Waals surface area contributed by atoms with E-state index in [2.05, 4.69) is 34.9 Å². The predicted octanol–water partition coefficient (Wildman–Crippen LogP) is 2.81. The molecule has 8 heteroatoms. The van der Waals surface area contributed by atoms with Crippen molar-refractivity contribution < 1.29 is 29.3 Å². The molecule has 0 saturated carbocycles. The zero-order valence-corrected chi connectivity index (χ0v) is 18.6. The highest BCUT2D eigenvalue weighted by molar-refractivity contribution is 5.85. The maximum absolute atomic E-state index is 12.5. The summed E-state index contributed by atoms with van der Waals surface area (Å²) in [5, 5.41) is 23.4. The van der Waals surface area contributed by atoms with Gasteiger partial charge >= 0.3 is 12.1 Å². The van der Waals surface area contributed by atoms with Crippen LogP contribution in [-0.4, -0.2) is 53.5 Å². The molecule has 0 aromatic heterocycles. The fraction of sp³-hybridized carbons (Fsp3) is 0.346. The Labute approximate surface area is 197 Å². The molecule has 0 heterocycles. The molecule has 2 amide bonds. The number of amides is 2. The number of hydrogen-bond donors (Lipinski definition) is 4. The third kappa shape index (κ3) is 5.12. The number of nitrogens with one attached hydrogen (secondary N) is 2. The van der Waals surface area contributed by atoms with E-state index in [0.29, 0.717) is 12.8 Å². The minimum absolute atomic E-state index is 0.0435. The Morgan fingerprint density at radius 2 is 1.68 bits per heavy atom. The number of ether oxygens (including phenoxy) is 1. The average molecular weight is 465 g/mol. The first kappa shape index (κ1) is 23.5. The molecule has 0 fully saturated rings. The number of rotatable bonds is 8. The van der Waals surface area contributed by atoms with Crippen LogP contribution in [0.2, 0.25) is 0 Å². The number of alkyl carbamates (subject to hydrolysis) is 1. The molecule has 4 rings (SSSR count). The summed E-state index contributed by atoms with van der Waals surface area (Å²) in [5.74, 6) is -2.13. The summed E-state index contributed by atoms with van der Waals surface area (Å²) >= 11 is 0. The van der Waals surface area contributed by atoms with Crippen molar-refractivity contribution >= 4 is 18.0 Å². The van der Waals surface area contributed by atoms with Crippen LogP contribution < -0.4 is 10.6 Å². The Bertz CT molecular complexity index is 1050. The Hall–Kier alpha value is -3.65. The molecule has 8 nitrogen and oxygen atoms in total. The number of carboxylic acids is 1. The number of hydrogen-bond acceptors (Lipinski definition) is 5. The van der Waals surface area contributed by atoms with Crippen LogP contribution in [0.1, 0.15) is 36.3 Å². The van der Waals surface area contributed by atoms with Gasteiger partial charge < -0.3 is 25.6 Å². The molecule has 34 heavy (non-hydrogen) atoms. The van der Waals surface area contributed by atoms with E-state index in [-0.39, 0.29) is 25.6 Å².